The van der Waals surface area contributed by atoms with E-state index in [9.17, 15) is 5.11 Å². The van der Waals surface area contributed by atoms with Gasteiger partial charge in [0.25, 0.3) is 0 Å². The van der Waals surface area contributed by atoms with Gasteiger partial charge in [0, 0.05) is 0 Å². The molecule has 2 nitrogen and oxygen atoms in total. The van der Waals surface area contributed by atoms with Crippen molar-refractivity contribution in [2.45, 2.75) is 33.0 Å². The maximum Gasteiger partial charge on any atom is 0.103 e. The quantitative estimate of drug-likeness (QED) is 0.797. The fraction of sp³-hybridized carbons (Fsp3) is 0.500. The highest BCUT2D eigenvalue weighted by Gasteiger charge is 2.10. The summed E-state index contributed by atoms with van der Waals surface area (Å²) >= 11 is 0. The first kappa shape index (κ1) is 11.2. The molecule has 1 rings (SSSR count). The van der Waals surface area contributed by atoms with Crippen molar-refractivity contribution in [2.75, 3.05) is 6.61 Å². The molecule has 0 fully saturated rings. The summed E-state index contributed by atoms with van der Waals surface area (Å²) in [6.45, 7) is 6.28. The van der Waals surface area contributed by atoms with Crippen LogP contribution in [-0.2, 0) is 4.74 Å². The summed E-state index contributed by atoms with van der Waals surface area (Å²) in [6, 6.07) is 7.83. The average Bonchev–Trinajstić information content (AvgIpc) is 2.15. The van der Waals surface area contributed by atoms with Gasteiger partial charge in [-0.3, -0.25) is 0 Å². The smallest absolute Gasteiger partial charge is 0.103 e. The molecule has 0 aromatic heterocycles. The Morgan fingerprint density at radius 3 is 2.50 bits per heavy atom. The molecule has 0 spiro atoms. The first-order valence-corrected chi connectivity index (χ1v) is 4.96. The zero-order valence-corrected chi connectivity index (χ0v) is 9.03. The number of ether oxygens (including phenoxy) is 1. The highest BCUT2D eigenvalue weighted by atomic mass is 16.5. The Hall–Kier alpha value is -0.860. The molecule has 78 valence electrons. The first-order chi connectivity index (χ1) is 6.61. The van der Waals surface area contributed by atoms with Crippen LogP contribution in [0.5, 0.6) is 0 Å². The SMILES string of the molecule is Cc1ccccc1C(O)COC(C)C. The normalized spacial score (nSPS) is 13.2. The molecule has 1 aromatic rings. The Morgan fingerprint density at radius 1 is 1.29 bits per heavy atom. The number of aliphatic hydroxyl groups excluding tert-OH is 1. The van der Waals surface area contributed by atoms with Crippen molar-refractivity contribution in [1.29, 1.82) is 0 Å². The number of benzene rings is 1. The maximum atomic E-state index is 9.83. The molecule has 0 aliphatic heterocycles. The third kappa shape index (κ3) is 3.13. The zero-order valence-electron chi connectivity index (χ0n) is 9.03. The van der Waals surface area contributed by atoms with Gasteiger partial charge in [0.1, 0.15) is 6.10 Å². The monoisotopic (exact) mass is 194 g/mol. The summed E-state index contributed by atoms with van der Waals surface area (Å²) in [5.41, 5.74) is 2.06. The Labute approximate surface area is 85.5 Å². The van der Waals surface area contributed by atoms with E-state index < -0.39 is 6.10 Å². The molecule has 0 saturated carbocycles. The van der Waals surface area contributed by atoms with Gasteiger partial charge < -0.3 is 9.84 Å². The van der Waals surface area contributed by atoms with Crippen LogP contribution in [0.25, 0.3) is 0 Å². The van der Waals surface area contributed by atoms with E-state index in [0.717, 1.165) is 11.1 Å². The molecule has 14 heavy (non-hydrogen) atoms. The van der Waals surface area contributed by atoms with Gasteiger partial charge in [-0.25, -0.2) is 0 Å². The predicted octanol–water partition coefficient (Wildman–Crippen LogP) is 2.45. The second-order valence-electron chi connectivity index (χ2n) is 3.75. The summed E-state index contributed by atoms with van der Waals surface area (Å²) in [6.07, 6.45) is -0.354. The second-order valence-corrected chi connectivity index (χ2v) is 3.75. The molecule has 0 bridgehead atoms. The minimum absolute atomic E-state index is 0.161. The van der Waals surface area contributed by atoms with Crippen LogP contribution in [0.4, 0.5) is 0 Å². The number of rotatable bonds is 4. The lowest BCUT2D eigenvalue weighted by atomic mass is 10.0. The van der Waals surface area contributed by atoms with Crippen LogP contribution in [0.2, 0.25) is 0 Å². The van der Waals surface area contributed by atoms with Crippen LogP contribution in [0.3, 0.4) is 0 Å². The number of aryl methyl sites for hydroxylation is 1. The molecule has 1 N–H and O–H groups in total. The number of hydrogen-bond donors (Lipinski definition) is 1. The fourth-order valence-corrected chi connectivity index (χ4v) is 1.33. The molecule has 0 heterocycles. The highest BCUT2D eigenvalue weighted by molar-refractivity contribution is 5.27. The predicted molar refractivity (Wildman–Crippen MR) is 57.2 cm³/mol. The van der Waals surface area contributed by atoms with Gasteiger partial charge in [-0.15, -0.1) is 0 Å². The van der Waals surface area contributed by atoms with Gasteiger partial charge in [0.15, 0.2) is 0 Å². The van der Waals surface area contributed by atoms with E-state index in [1.165, 1.54) is 0 Å². The van der Waals surface area contributed by atoms with Crippen molar-refractivity contribution >= 4 is 0 Å². The Balaban J connectivity index is 2.60. The van der Waals surface area contributed by atoms with Crippen molar-refractivity contribution in [3.63, 3.8) is 0 Å². The van der Waals surface area contributed by atoms with Gasteiger partial charge in [0.05, 0.1) is 12.7 Å². The highest BCUT2D eigenvalue weighted by Crippen LogP contribution is 2.17. The summed E-state index contributed by atoms with van der Waals surface area (Å²) < 4.78 is 5.36. The zero-order chi connectivity index (χ0) is 10.6. The number of aliphatic hydroxyl groups is 1. The Morgan fingerprint density at radius 2 is 1.93 bits per heavy atom. The maximum absolute atomic E-state index is 9.83. The molecule has 0 radical (unpaired) electrons. The van der Waals surface area contributed by atoms with Crippen molar-refractivity contribution < 1.29 is 9.84 Å². The molecule has 0 amide bonds. The molecular formula is C12H18O2. The largest absolute Gasteiger partial charge is 0.386 e. The minimum Gasteiger partial charge on any atom is -0.386 e. The lowest BCUT2D eigenvalue weighted by Gasteiger charge is -2.15. The topological polar surface area (TPSA) is 29.5 Å². The molecule has 0 saturated heterocycles. The van der Waals surface area contributed by atoms with Crippen LogP contribution in [-0.4, -0.2) is 17.8 Å². The molecule has 0 aliphatic rings. The van der Waals surface area contributed by atoms with Crippen molar-refractivity contribution in [3.8, 4) is 0 Å². The third-order valence-electron chi connectivity index (χ3n) is 2.13. The molecule has 1 atom stereocenters. The van der Waals surface area contributed by atoms with E-state index in [-0.39, 0.29) is 6.10 Å². The van der Waals surface area contributed by atoms with E-state index in [4.69, 9.17) is 4.74 Å². The lowest BCUT2D eigenvalue weighted by Crippen LogP contribution is -2.12. The third-order valence-corrected chi connectivity index (χ3v) is 2.13. The fourth-order valence-electron chi connectivity index (χ4n) is 1.33. The minimum atomic E-state index is -0.515. The molecule has 2 heteroatoms. The standard InChI is InChI=1S/C12H18O2/c1-9(2)14-8-12(13)11-7-5-4-6-10(11)3/h4-7,9,12-13H,8H2,1-3H3. The van der Waals surface area contributed by atoms with E-state index in [1.807, 2.05) is 45.0 Å². The van der Waals surface area contributed by atoms with E-state index >= 15 is 0 Å². The van der Waals surface area contributed by atoms with Crippen molar-refractivity contribution in [2.24, 2.45) is 0 Å². The second kappa shape index (κ2) is 5.13. The van der Waals surface area contributed by atoms with Crippen molar-refractivity contribution in [3.05, 3.63) is 35.4 Å². The van der Waals surface area contributed by atoms with Crippen LogP contribution < -0.4 is 0 Å². The summed E-state index contributed by atoms with van der Waals surface area (Å²) in [5.74, 6) is 0. The molecular weight excluding hydrogens is 176 g/mol. The summed E-state index contributed by atoms with van der Waals surface area (Å²) in [7, 11) is 0. The Kier molecular flexibility index (Phi) is 4.11. The first-order valence-electron chi connectivity index (χ1n) is 4.96. The number of hydrogen-bond acceptors (Lipinski definition) is 2. The van der Waals surface area contributed by atoms with Gasteiger partial charge in [-0.05, 0) is 31.9 Å². The Bertz CT molecular complexity index is 281. The molecule has 1 unspecified atom stereocenters. The van der Waals surface area contributed by atoms with Gasteiger partial charge >= 0.3 is 0 Å². The lowest BCUT2D eigenvalue weighted by molar-refractivity contribution is 0.00469. The van der Waals surface area contributed by atoms with Crippen LogP contribution in [0, 0.1) is 6.92 Å². The summed E-state index contributed by atoms with van der Waals surface area (Å²) in [4.78, 5) is 0. The van der Waals surface area contributed by atoms with Crippen molar-refractivity contribution in [1.82, 2.24) is 0 Å². The summed E-state index contributed by atoms with van der Waals surface area (Å²) in [5, 5.41) is 9.83. The van der Waals surface area contributed by atoms with Gasteiger partial charge in [-0.1, -0.05) is 24.3 Å². The van der Waals surface area contributed by atoms with E-state index in [0.29, 0.717) is 6.61 Å². The van der Waals surface area contributed by atoms with Crippen LogP contribution in [0.15, 0.2) is 24.3 Å². The molecule has 0 aliphatic carbocycles. The van der Waals surface area contributed by atoms with Crippen LogP contribution in [0.1, 0.15) is 31.1 Å². The average molecular weight is 194 g/mol. The van der Waals surface area contributed by atoms with Gasteiger partial charge in [-0.2, -0.15) is 0 Å². The van der Waals surface area contributed by atoms with Gasteiger partial charge in [0.2, 0.25) is 0 Å². The molecule has 1 aromatic carbocycles. The van der Waals surface area contributed by atoms with Crippen LogP contribution >= 0.6 is 0 Å². The van der Waals surface area contributed by atoms with E-state index in [2.05, 4.69) is 0 Å². The van der Waals surface area contributed by atoms with E-state index in [1.54, 1.807) is 0 Å².